The van der Waals surface area contributed by atoms with E-state index >= 15 is 0 Å². The van der Waals surface area contributed by atoms with E-state index in [4.69, 9.17) is 0 Å². The topological polar surface area (TPSA) is 111 Å². The number of carbonyl (C=O) groups is 4. The summed E-state index contributed by atoms with van der Waals surface area (Å²) in [6, 6.07) is 11.0. The fourth-order valence-corrected chi connectivity index (χ4v) is 2.47. The molecule has 8 heteroatoms. The van der Waals surface area contributed by atoms with Crippen LogP contribution in [0.1, 0.15) is 33.2 Å². The molecule has 8 nitrogen and oxygen atoms in total. The molecule has 2 aromatic rings. The molecule has 0 saturated heterocycles. The first-order chi connectivity index (χ1) is 13.3. The Bertz CT molecular complexity index is 871. The average Bonchev–Trinajstić information content (AvgIpc) is 2.67. The Labute approximate surface area is 161 Å². The minimum Gasteiger partial charge on any atom is -0.465 e. The molecule has 2 N–H and O–H groups in total. The van der Waals surface area contributed by atoms with Crippen molar-refractivity contribution in [3.05, 3.63) is 59.2 Å². The van der Waals surface area contributed by atoms with Gasteiger partial charge in [-0.1, -0.05) is 12.1 Å². The second-order valence-electron chi connectivity index (χ2n) is 5.89. The number of carbonyl (C=O) groups excluding carboxylic acids is 4. The van der Waals surface area contributed by atoms with Crippen molar-refractivity contribution < 1.29 is 28.7 Å². The third kappa shape index (κ3) is 5.66. The van der Waals surface area contributed by atoms with Crippen LogP contribution in [0.3, 0.4) is 0 Å². The van der Waals surface area contributed by atoms with Crippen molar-refractivity contribution in [1.29, 1.82) is 0 Å². The zero-order valence-electron chi connectivity index (χ0n) is 15.7. The van der Waals surface area contributed by atoms with E-state index in [0.29, 0.717) is 5.69 Å². The van der Waals surface area contributed by atoms with Crippen molar-refractivity contribution in [3.8, 4) is 0 Å². The van der Waals surface area contributed by atoms with Crippen LogP contribution in [-0.4, -0.2) is 38.0 Å². The van der Waals surface area contributed by atoms with Gasteiger partial charge in [-0.3, -0.25) is 9.59 Å². The van der Waals surface area contributed by atoms with Crippen LogP contribution in [0.5, 0.6) is 0 Å². The monoisotopic (exact) mass is 384 g/mol. The lowest BCUT2D eigenvalue weighted by atomic mass is 10.1. The number of ether oxygens (including phenoxy) is 2. The van der Waals surface area contributed by atoms with Gasteiger partial charge in [0.15, 0.2) is 0 Å². The quantitative estimate of drug-likeness (QED) is 0.740. The lowest BCUT2D eigenvalue weighted by molar-refractivity contribution is -0.116. The van der Waals surface area contributed by atoms with E-state index < -0.39 is 11.9 Å². The first-order valence-corrected chi connectivity index (χ1v) is 8.30. The number of amides is 2. The summed E-state index contributed by atoms with van der Waals surface area (Å²) in [7, 11) is 2.44. The molecule has 2 aromatic carbocycles. The number of hydrogen-bond donors (Lipinski definition) is 2. The zero-order valence-corrected chi connectivity index (χ0v) is 15.7. The largest absolute Gasteiger partial charge is 0.465 e. The van der Waals surface area contributed by atoms with Crippen LogP contribution in [0.2, 0.25) is 0 Å². The van der Waals surface area contributed by atoms with Crippen molar-refractivity contribution in [2.75, 3.05) is 24.9 Å². The average molecular weight is 384 g/mol. The van der Waals surface area contributed by atoms with Crippen molar-refractivity contribution in [2.24, 2.45) is 0 Å². The highest BCUT2D eigenvalue weighted by atomic mass is 16.5. The molecule has 0 aromatic heterocycles. The second kappa shape index (κ2) is 9.31. The Balaban J connectivity index is 2.14. The summed E-state index contributed by atoms with van der Waals surface area (Å²) in [5.41, 5.74) is 1.85. The molecule has 28 heavy (non-hydrogen) atoms. The highest BCUT2D eigenvalue weighted by Crippen LogP contribution is 2.18. The Kier molecular flexibility index (Phi) is 6.86. The van der Waals surface area contributed by atoms with Gasteiger partial charge >= 0.3 is 11.9 Å². The van der Waals surface area contributed by atoms with Crippen LogP contribution >= 0.6 is 0 Å². The molecule has 2 amide bonds. The molecule has 0 heterocycles. The molecule has 0 aliphatic carbocycles. The number of esters is 2. The van der Waals surface area contributed by atoms with Crippen LogP contribution in [-0.2, 0) is 25.5 Å². The third-order valence-corrected chi connectivity index (χ3v) is 3.70. The molecule has 0 unspecified atom stereocenters. The van der Waals surface area contributed by atoms with Crippen molar-refractivity contribution in [1.82, 2.24) is 0 Å². The van der Waals surface area contributed by atoms with E-state index in [1.165, 1.54) is 39.3 Å². The molecular formula is C20H20N2O6. The number of nitrogens with one attached hydrogen (secondary N) is 2. The highest BCUT2D eigenvalue weighted by molar-refractivity contribution is 5.99. The normalized spacial score (nSPS) is 9.96. The minimum atomic E-state index is -0.644. The van der Waals surface area contributed by atoms with Gasteiger partial charge in [-0.15, -0.1) is 0 Å². The number of anilines is 2. The van der Waals surface area contributed by atoms with E-state index in [2.05, 4.69) is 20.1 Å². The van der Waals surface area contributed by atoms with Crippen LogP contribution in [0.15, 0.2) is 42.5 Å². The Morgan fingerprint density at radius 2 is 1.32 bits per heavy atom. The van der Waals surface area contributed by atoms with Crippen LogP contribution < -0.4 is 10.6 Å². The molecule has 146 valence electrons. The van der Waals surface area contributed by atoms with Crippen LogP contribution in [0.4, 0.5) is 11.4 Å². The van der Waals surface area contributed by atoms with Crippen molar-refractivity contribution in [3.63, 3.8) is 0 Å². The zero-order chi connectivity index (χ0) is 20.7. The van der Waals surface area contributed by atoms with Gasteiger partial charge < -0.3 is 20.1 Å². The fraction of sp³-hybridized carbons (Fsp3) is 0.200. The summed E-state index contributed by atoms with van der Waals surface area (Å²) in [4.78, 5) is 47.0. The van der Waals surface area contributed by atoms with E-state index in [0.717, 1.165) is 5.56 Å². The van der Waals surface area contributed by atoms with Gasteiger partial charge in [-0.05, 0) is 35.9 Å². The molecule has 0 radical (unpaired) electrons. The molecule has 0 fully saturated rings. The Hall–Kier alpha value is -3.68. The predicted octanol–water partition coefficient (Wildman–Crippen LogP) is 2.40. The second-order valence-corrected chi connectivity index (χ2v) is 5.89. The molecule has 0 spiro atoms. The van der Waals surface area contributed by atoms with E-state index in [1.54, 1.807) is 24.3 Å². The van der Waals surface area contributed by atoms with E-state index in [1.807, 2.05) is 0 Å². The van der Waals surface area contributed by atoms with Crippen molar-refractivity contribution >= 4 is 35.1 Å². The standard InChI is InChI=1S/C20H20N2O6/c1-12(23)21-16-6-4-13(5-7-16)8-18(24)22-17-10-14(19(25)27-2)9-15(11-17)20(26)28-3/h4-7,9-11H,8H2,1-3H3,(H,21,23)(H,22,24). The molecule has 0 bridgehead atoms. The van der Waals surface area contributed by atoms with Gasteiger partial charge in [-0.2, -0.15) is 0 Å². The van der Waals surface area contributed by atoms with Gasteiger partial charge in [0.25, 0.3) is 0 Å². The predicted molar refractivity (Wildman–Crippen MR) is 102 cm³/mol. The first-order valence-electron chi connectivity index (χ1n) is 8.30. The van der Waals surface area contributed by atoms with E-state index in [-0.39, 0.29) is 35.0 Å². The molecule has 0 aliphatic heterocycles. The summed E-state index contributed by atoms with van der Waals surface area (Å²) < 4.78 is 9.33. The summed E-state index contributed by atoms with van der Waals surface area (Å²) in [5, 5.41) is 5.29. The highest BCUT2D eigenvalue weighted by Gasteiger charge is 2.15. The maximum atomic E-state index is 12.3. The number of benzene rings is 2. The fourth-order valence-electron chi connectivity index (χ4n) is 2.47. The van der Waals surface area contributed by atoms with Gasteiger partial charge in [-0.25, -0.2) is 9.59 Å². The lowest BCUT2D eigenvalue weighted by Gasteiger charge is -2.10. The maximum absolute atomic E-state index is 12.3. The minimum absolute atomic E-state index is 0.0658. The molecule has 0 atom stereocenters. The molecule has 0 saturated carbocycles. The number of hydrogen-bond acceptors (Lipinski definition) is 6. The first kappa shape index (κ1) is 20.6. The number of methoxy groups -OCH3 is 2. The van der Waals surface area contributed by atoms with Gasteiger partial charge in [0.1, 0.15) is 0 Å². The van der Waals surface area contributed by atoms with Gasteiger partial charge in [0.05, 0.1) is 31.8 Å². The smallest absolute Gasteiger partial charge is 0.337 e. The molecule has 0 aliphatic rings. The van der Waals surface area contributed by atoms with Gasteiger partial charge in [0.2, 0.25) is 11.8 Å². The maximum Gasteiger partial charge on any atom is 0.337 e. The Morgan fingerprint density at radius 1 is 0.786 bits per heavy atom. The van der Waals surface area contributed by atoms with Crippen LogP contribution in [0, 0.1) is 0 Å². The van der Waals surface area contributed by atoms with Gasteiger partial charge in [0, 0.05) is 18.3 Å². The van der Waals surface area contributed by atoms with Crippen LogP contribution in [0.25, 0.3) is 0 Å². The molecule has 2 rings (SSSR count). The molecular weight excluding hydrogens is 364 g/mol. The summed E-state index contributed by atoms with van der Waals surface area (Å²) >= 11 is 0. The summed E-state index contributed by atoms with van der Waals surface area (Å²) in [6.07, 6.45) is 0.0658. The summed E-state index contributed by atoms with van der Waals surface area (Å²) in [6.45, 7) is 1.41. The number of rotatable bonds is 6. The third-order valence-electron chi connectivity index (χ3n) is 3.70. The van der Waals surface area contributed by atoms with Crippen molar-refractivity contribution in [2.45, 2.75) is 13.3 Å². The SMILES string of the molecule is COC(=O)c1cc(NC(=O)Cc2ccc(NC(C)=O)cc2)cc(C(=O)OC)c1. The van der Waals surface area contributed by atoms with E-state index in [9.17, 15) is 19.2 Å². The Morgan fingerprint density at radius 3 is 1.79 bits per heavy atom. The summed E-state index contributed by atoms with van der Waals surface area (Å²) in [5.74, 6) is -1.81. The lowest BCUT2D eigenvalue weighted by Crippen LogP contribution is -2.16.